The van der Waals surface area contributed by atoms with Crippen molar-refractivity contribution in [1.29, 1.82) is 0 Å². The molecule has 4 heterocycles. The van der Waals surface area contributed by atoms with Crippen LogP contribution in [0.2, 0.25) is 5.02 Å². The molecule has 1 aliphatic carbocycles. The molecule has 8 heteroatoms. The number of aliphatic hydroxyl groups is 1. The van der Waals surface area contributed by atoms with Crippen LogP contribution in [0.1, 0.15) is 47.6 Å². The van der Waals surface area contributed by atoms with Gasteiger partial charge in [-0.05, 0) is 64.9 Å². The number of aromatic nitrogens is 2. The molecule has 0 fully saturated rings. The first-order valence-electron chi connectivity index (χ1n) is 10.3. The molecule has 6 rings (SSSR count). The number of rotatable bonds is 1. The summed E-state index contributed by atoms with van der Waals surface area (Å²) in [5.74, 6) is -0.715. The monoisotopic (exact) mass is 500 g/mol. The van der Waals surface area contributed by atoms with E-state index in [4.69, 9.17) is 21.3 Å². The van der Waals surface area contributed by atoms with Crippen molar-refractivity contribution in [3.63, 3.8) is 0 Å². The van der Waals surface area contributed by atoms with Crippen LogP contribution in [-0.2, 0) is 41.1 Å². The van der Waals surface area contributed by atoms with Gasteiger partial charge in [0.2, 0.25) is 0 Å². The van der Waals surface area contributed by atoms with Crippen LogP contribution in [0.4, 0.5) is 0 Å². The Bertz CT molecular complexity index is 1410. The van der Waals surface area contributed by atoms with Gasteiger partial charge in [-0.15, -0.1) is 0 Å². The van der Waals surface area contributed by atoms with Crippen LogP contribution in [-0.4, -0.2) is 20.6 Å². The minimum absolute atomic E-state index is 0.123. The number of benzene rings is 1. The van der Waals surface area contributed by atoms with Gasteiger partial charge < -0.3 is 14.4 Å². The van der Waals surface area contributed by atoms with Crippen LogP contribution in [0, 0.1) is 0 Å². The highest BCUT2D eigenvalue weighted by molar-refractivity contribution is 9.10. The SMILES string of the molecule is CC[C@@]1(O)C(=O)OCc2c1cc1n(c2=O)Cc2c-1nc1cc(Cl)c(Br)c3c1c2CCC3. The fraction of sp³-hybridized carbons (Fsp3) is 0.348. The number of nitrogens with zero attached hydrogens (tertiary/aromatic N) is 2. The number of esters is 1. The van der Waals surface area contributed by atoms with Crippen molar-refractivity contribution < 1.29 is 14.6 Å². The smallest absolute Gasteiger partial charge is 0.343 e. The lowest BCUT2D eigenvalue weighted by Gasteiger charge is -2.31. The topological polar surface area (TPSA) is 81.4 Å². The summed E-state index contributed by atoms with van der Waals surface area (Å²) < 4.78 is 7.75. The van der Waals surface area contributed by atoms with Crippen LogP contribution in [0.5, 0.6) is 0 Å². The fourth-order valence-electron chi connectivity index (χ4n) is 5.32. The molecule has 2 aromatic heterocycles. The van der Waals surface area contributed by atoms with Crippen LogP contribution < -0.4 is 5.56 Å². The predicted octanol–water partition coefficient (Wildman–Crippen LogP) is 3.98. The lowest BCUT2D eigenvalue weighted by molar-refractivity contribution is -0.172. The largest absolute Gasteiger partial charge is 0.458 e. The third kappa shape index (κ3) is 2.40. The Balaban J connectivity index is 1.68. The number of pyridine rings is 2. The molecule has 3 aliphatic rings. The minimum Gasteiger partial charge on any atom is -0.458 e. The van der Waals surface area contributed by atoms with Crippen molar-refractivity contribution in [2.45, 2.75) is 51.4 Å². The molecule has 1 atom stereocenters. The Morgan fingerprint density at radius 1 is 1.23 bits per heavy atom. The lowest BCUT2D eigenvalue weighted by atomic mass is 9.85. The summed E-state index contributed by atoms with van der Waals surface area (Å²) in [6.07, 6.45) is 2.95. The minimum atomic E-state index is -1.82. The van der Waals surface area contributed by atoms with E-state index >= 15 is 0 Å². The van der Waals surface area contributed by atoms with Crippen molar-refractivity contribution in [3.05, 3.63) is 59.8 Å². The normalized spacial score (nSPS) is 21.0. The van der Waals surface area contributed by atoms with E-state index in [1.165, 1.54) is 11.1 Å². The zero-order chi connectivity index (χ0) is 21.7. The van der Waals surface area contributed by atoms with E-state index < -0.39 is 11.6 Å². The van der Waals surface area contributed by atoms with Gasteiger partial charge in [0.05, 0.1) is 34.0 Å². The van der Waals surface area contributed by atoms with Crippen molar-refractivity contribution >= 4 is 44.4 Å². The first-order valence-corrected chi connectivity index (χ1v) is 11.5. The number of hydrogen-bond donors (Lipinski definition) is 1. The Labute approximate surface area is 190 Å². The summed E-state index contributed by atoms with van der Waals surface area (Å²) in [4.78, 5) is 30.6. The third-order valence-corrected chi connectivity index (χ3v) is 8.37. The summed E-state index contributed by atoms with van der Waals surface area (Å²) in [5, 5.41) is 12.8. The lowest BCUT2D eigenvalue weighted by Crippen LogP contribution is -2.44. The first kappa shape index (κ1) is 19.5. The van der Waals surface area contributed by atoms with E-state index in [0.717, 1.165) is 45.9 Å². The highest BCUT2D eigenvalue weighted by Crippen LogP contribution is 2.44. The van der Waals surface area contributed by atoms with E-state index in [9.17, 15) is 14.7 Å². The van der Waals surface area contributed by atoms with Gasteiger partial charge in [-0.25, -0.2) is 9.78 Å². The summed E-state index contributed by atoms with van der Waals surface area (Å²) >= 11 is 10.1. The molecule has 1 aromatic carbocycles. The average molecular weight is 502 g/mol. The summed E-state index contributed by atoms with van der Waals surface area (Å²) in [6.45, 7) is 2.00. The van der Waals surface area contributed by atoms with Crippen molar-refractivity contribution in [2.24, 2.45) is 0 Å². The molecule has 3 aromatic rings. The van der Waals surface area contributed by atoms with Gasteiger partial charge >= 0.3 is 5.97 Å². The number of halogens is 2. The third-order valence-electron chi connectivity index (χ3n) is 6.94. The molecule has 2 aliphatic heterocycles. The van der Waals surface area contributed by atoms with Crippen molar-refractivity contribution in [1.82, 2.24) is 9.55 Å². The number of cyclic esters (lactones) is 1. The zero-order valence-corrected chi connectivity index (χ0v) is 19.1. The molecule has 0 bridgehead atoms. The molecular weight excluding hydrogens is 484 g/mol. The fourth-order valence-corrected chi connectivity index (χ4v) is 6.04. The standard InChI is InChI=1S/C23H18BrClN2O4/c1-2-23(30)14-6-17-20-12(8-27(17)21(28)13(14)9-31-22(23)29)10-4-3-5-11-18(10)16(26-20)7-15(25)19(11)24/h6-7,30H,2-5,8-9H2,1H3/t23-/m0/s1. The Morgan fingerprint density at radius 3 is 2.77 bits per heavy atom. The Kier molecular flexibility index (Phi) is 4.02. The number of fused-ring (bicyclic) bond motifs is 5. The zero-order valence-electron chi connectivity index (χ0n) is 16.7. The van der Waals surface area contributed by atoms with Gasteiger partial charge in [-0.3, -0.25) is 4.79 Å². The molecule has 0 saturated heterocycles. The molecule has 31 heavy (non-hydrogen) atoms. The highest BCUT2D eigenvalue weighted by Gasteiger charge is 2.45. The van der Waals surface area contributed by atoms with Crippen LogP contribution in [0.25, 0.3) is 22.3 Å². The van der Waals surface area contributed by atoms with Gasteiger partial charge in [-0.2, -0.15) is 0 Å². The van der Waals surface area contributed by atoms with Gasteiger partial charge in [0, 0.05) is 21.0 Å². The van der Waals surface area contributed by atoms with Gasteiger partial charge in [-0.1, -0.05) is 18.5 Å². The number of carbonyl (C=O) groups is 1. The Hall–Kier alpha value is -2.22. The average Bonchev–Trinajstić information content (AvgIpc) is 3.14. The van der Waals surface area contributed by atoms with E-state index in [1.807, 2.05) is 6.07 Å². The van der Waals surface area contributed by atoms with Gasteiger partial charge in [0.25, 0.3) is 5.56 Å². The maximum atomic E-state index is 13.4. The maximum Gasteiger partial charge on any atom is 0.343 e. The van der Waals surface area contributed by atoms with E-state index in [1.54, 1.807) is 17.6 Å². The van der Waals surface area contributed by atoms with Crippen LogP contribution in [0.3, 0.4) is 0 Å². The molecular formula is C23H18BrClN2O4. The molecule has 0 radical (unpaired) electrons. The maximum absolute atomic E-state index is 13.4. The number of hydrogen-bond acceptors (Lipinski definition) is 5. The van der Waals surface area contributed by atoms with Crippen LogP contribution in [0.15, 0.2) is 21.4 Å². The summed E-state index contributed by atoms with van der Waals surface area (Å²) in [5.41, 5.74) is 4.18. The second-order valence-electron chi connectivity index (χ2n) is 8.42. The molecule has 1 N–H and O–H groups in total. The molecule has 0 unspecified atom stereocenters. The number of carbonyl (C=O) groups excluding carboxylic acids is 1. The van der Waals surface area contributed by atoms with E-state index in [2.05, 4.69) is 15.9 Å². The molecule has 0 amide bonds. The molecule has 6 nitrogen and oxygen atoms in total. The number of ether oxygens (including phenoxy) is 1. The highest BCUT2D eigenvalue weighted by atomic mass is 79.9. The first-order chi connectivity index (χ1) is 14.8. The van der Waals surface area contributed by atoms with E-state index in [-0.39, 0.29) is 18.6 Å². The van der Waals surface area contributed by atoms with Gasteiger partial charge in [0.15, 0.2) is 5.60 Å². The van der Waals surface area contributed by atoms with Crippen molar-refractivity contribution in [2.75, 3.05) is 0 Å². The number of aryl methyl sites for hydroxylation is 2. The second kappa shape index (κ2) is 6.40. The Morgan fingerprint density at radius 2 is 2.00 bits per heavy atom. The molecule has 158 valence electrons. The second-order valence-corrected chi connectivity index (χ2v) is 9.62. The predicted molar refractivity (Wildman–Crippen MR) is 119 cm³/mol. The summed E-state index contributed by atoms with van der Waals surface area (Å²) in [7, 11) is 0. The molecule has 0 saturated carbocycles. The van der Waals surface area contributed by atoms with Crippen molar-refractivity contribution in [3.8, 4) is 11.4 Å². The van der Waals surface area contributed by atoms with Crippen LogP contribution >= 0.6 is 27.5 Å². The molecule has 0 spiro atoms. The summed E-state index contributed by atoms with van der Waals surface area (Å²) in [6, 6.07) is 3.61. The van der Waals surface area contributed by atoms with Gasteiger partial charge in [0.1, 0.15) is 6.61 Å². The van der Waals surface area contributed by atoms with E-state index in [0.29, 0.717) is 28.4 Å². The quantitative estimate of drug-likeness (QED) is 0.399.